The fraction of sp³-hybridized carbons (Fsp3) is 0.667. The van der Waals surface area contributed by atoms with E-state index < -0.39 is 18.2 Å². The number of hydrogen-bond acceptors (Lipinski definition) is 6. The molecule has 0 spiro atoms. The highest BCUT2D eigenvalue weighted by Crippen LogP contribution is 2.18. The van der Waals surface area contributed by atoms with E-state index in [1.807, 2.05) is 52.0 Å². The van der Waals surface area contributed by atoms with Crippen LogP contribution in [0.4, 0.5) is 0 Å². The number of rotatable bonds is 10. The molecule has 0 bridgehead atoms. The van der Waals surface area contributed by atoms with Crippen LogP contribution in [-0.2, 0) is 14.2 Å². The molecular formula is C18H32N2O4. The summed E-state index contributed by atoms with van der Waals surface area (Å²) in [5, 5.41) is 0. The molecule has 2 unspecified atom stereocenters. The van der Waals surface area contributed by atoms with Gasteiger partial charge in [0.2, 0.25) is 0 Å². The minimum atomic E-state index is -1.42. The lowest BCUT2D eigenvalue weighted by Gasteiger charge is -2.37. The summed E-state index contributed by atoms with van der Waals surface area (Å²) >= 11 is 0. The summed E-state index contributed by atoms with van der Waals surface area (Å²) in [6, 6.07) is 3.86. The number of furan rings is 1. The summed E-state index contributed by atoms with van der Waals surface area (Å²) < 4.78 is 22.4. The molecule has 1 aromatic rings. The first kappa shape index (κ1) is 20.9. The fourth-order valence-corrected chi connectivity index (χ4v) is 2.50. The van der Waals surface area contributed by atoms with Gasteiger partial charge in [0.05, 0.1) is 6.61 Å². The van der Waals surface area contributed by atoms with Gasteiger partial charge in [-0.05, 0) is 57.4 Å². The third kappa shape index (κ3) is 6.75. The first-order chi connectivity index (χ1) is 11.3. The van der Waals surface area contributed by atoms with Crippen LogP contribution < -0.4 is 22.3 Å². The van der Waals surface area contributed by atoms with Gasteiger partial charge in [0.15, 0.2) is 12.1 Å². The minimum Gasteiger partial charge on any atom is -0.458 e. The van der Waals surface area contributed by atoms with E-state index in [0.29, 0.717) is 19.6 Å². The van der Waals surface area contributed by atoms with Crippen molar-refractivity contribution in [1.82, 2.24) is 0 Å². The topological polar surface area (TPSA) is 92.9 Å². The molecule has 1 heterocycles. The zero-order chi connectivity index (χ0) is 18.2. The van der Waals surface area contributed by atoms with Gasteiger partial charge in [-0.3, -0.25) is 11.5 Å². The molecule has 1 rings (SSSR count). The molecule has 0 amide bonds. The lowest BCUT2D eigenvalue weighted by Crippen LogP contribution is -2.64. The summed E-state index contributed by atoms with van der Waals surface area (Å²) in [4.78, 5) is 0. The second-order valence-corrected chi connectivity index (χ2v) is 6.05. The van der Waals surface area contributed by atoms with Crippen LogP contribution in [0.25, 0.3) is 12.2 Å². The van der Waals surface area contributed by atoms with E-state index in [9.17, 15) is 0 Å². The Kier molecular flexibility index (Phi) is 8.66. The van der Waals surface area contributed by atoms with Crippen molar-refractivity contribution in [3.63, 3.8) is 0 Å². The number of ether oxygens (including phenoxy) is 3. The quantitative estimate of drug-likeness (QED) is 0.492. The van der Waals surface area contributed by atoms with E-state index in [4.69, 9.17) is 30.1 Å². The third-order valence-electron chi connectivity index (χ3n) is 3.51. The summed E-state index contributed by atoms with van der Waals surface area (Å²) in [7, 11) is 0. The van der Waals surface area contributed by atoms with Gasteiger partial charge in [0, 0.05) is 6.61 Å². The van der Waals surface area contributed by atoms with Crippen molar-refractivity contribution in [2.45, 2.75) is 59.3 Å². The van der Waals surface area contributed by atoms with Gasteiger partial charge in [0.25, 0.3) is 0 Å². The van der Waals surface area contributed by atoms with Crippen molar-refractivity contribution >= 4 is 12.2 Å². The first-order valence-electron chi connectivity index (χ1n) is 8.51. The molecule has 0 radical (unpaired) electrons. The molecule has 0 fully saturated rings. The normalized spacial score (nSPS) is 16.8. The van der Waals surface area contributed by atoms with Crippen LogP contribution in [0.2, 0.25) is 0 Å². The number of hydrogen-bond donors (Lipinski definition) is 2. The Morgan fingerprint density at radius 3 is 2.38 bits per heavy atom. The Bertz CT molecular complexity index is 580. The van der Waals surface area contributed by atoms with Gasteiger partial charge in [-0.25, -0.2) is 0 Å². The molecule has 6 heteroatoms. The van der Waals surface area contributed by atoms with Crippen LogP contribution in [0.3, 0.4) is 0 Å². The van der Waals surface area contributed by atoms with E-state index in [1.54, 1.807) is 6.92 Å². The molecule has 0 aliphatic carbocycles. The zero-order valence-corrected chi connectivity index (χ0v) is 15.5. The second kappa shape index (κ2) is 9.96. The zero-order valence-electron chi connectivity index (χ0n) is 15.5. The fourth-order valence-electron chi connectivity index (χ4n) is 2.50. The largest absolute Gasteiger partial charge is 0.458 e. The summed E-state index contributed by atoms with van der Waals surface area (Å²) in [5.74, 6) is -1.32. The van der Waals surface area contributed by atoms with Crippen molar-refractivity contribution in [3.8, 4) is 0 Å². The lowest BCUT2D eigenvalue weighted by molar-refractivity contribution is -0.241. The van der Waals surface area contributed by atoms with Gasteiger partial charge in [-0.1, -0.05) is 13.8 Å². The van der Waals surface area contributed by atoms with Gasteiger partial charge >= 0.3 is 0 Å². The molecular weight excluding hydrogens is 308 g/mol. The van der Waals surface area contributed by atoms with Crippen LogP contribution in [0, 0.1) is 5.92 Å². The van der Waals surface area contributed by atoms with Crippen LogP contribution in [-0.4, -0.2) is 31.5 Å². The summed E-state index contributed by atoms with van der Waals surface area (Å²) in [5.41, 5.74) is 13.9. The third-order valence-corrected chi connectivity index (χ3v) is 3.51. The molecule has 0 saturated carbocycles. The molecule has 24 heavy (non-hydrogen) atoms. The Morgan fingerprint density at radius 2 is 1.83 bits per heavy atom. The van der Waals surface area contributed by atoms with Crippen LogP contribution >= 0.6 is 0 Å². The van der Waals surface area contributed by atoms with Gasteiger partial charge in [-0.15, -0.1) is 0 Å². The molecule has 0 saturated heterocycles. The van der Waals surface area contributed by atoms with Gasteiger partial charge < -0.3 is 18.6 Å². The molecule has 2 atom stereocenters. The summed E-state index contributed by atoms with van der Waals surface area (Å²) in [6.45, 7) is 10.6. The first-order valence-corrected chi connectivity index (χ1v) is 8.51. The maximum absolute atomic E-state index is 6.13. The molecule has 0 aromatic carbocycles. The maximum atomic E-state index is 6.13. The molecule has 0 aliphatic heterocycles. The number of nitrogens with two attached hydrogens (primary N) is 2. The van der Waals surface area contributed by atoms with Crippen LogP contribution in [0.5, 0.6) is 0 Å². The monoisotopic (exact) mass is 340 g/mol. The lowest BCUT2D eigenvalue weighted by atomic mass is 10.0. The molecule has 0 aliphatic rings. The Morgan fingerprint density at radius 1 is 1.17 bits per heavy atom. The minimum absolute atomic E-state index is 0.0960. The van der Waals surface area contributed by atoms with E-state index in [0.717, 1.165) is 10.8 Å². The van der Waals surface area contributed by atoms with E-state index in [1.165, 1.54) is 0 Å². The van der Waals surface area contributed by atoms with Crippen molar-refractivity contribution in [3.05, 3.63) is 23.0 Å². The van der Waals surface area contributed by atoms with Crippen LogP contribution in [0.15, 0.2) is 16.5 Å². The van der Waals surface area contributed by atoms with Crippen LogP contribution in [0.1, 0.15) is 41.0 Å². The molecule has 6 nitrogen and oxygen atoms in total. The predicted molar refractivity (Wildman–Crippen MR) is 95.0 cm³/mol. The Labute approximate surface area is 144 Å². The molecule has 4 N–H and O–H groups in total. The van der Waals surface area contributed by atoms with E-state index in [2.05, 4.69) is 0 Å². The highest BCUT2D eigenvalue weighted by molar-refractivity contribution is 5.20. The van der Waals surface area contributed by atoms with Gasteiger partial charge in [0.1, 0.15) is 16.9 Å². The Balaban J connectivity index is 2.60. The average Bonchev–Trinajstić information content (AvgIpc) is 2.93. The molecule has 1 aromatic heterocycles. The predicted octanol–water partition coefficient (Wildman–Crippen LogP) is 1.26. The van der Waals surface area contributed by atoms with E-state index >= 15 is 0 Å². The van der Waals surface area contributed by atoms with Crippen molar-refractivity contribution in [2.24, 2.45) is 17.4 Å². The van der Waals surface area contributed by atoms with Gasteiger partial charge in [-0.2, -0.15) is 0 Å². The average molecular weight is 340 g/mol. The Hall–Kier alpha value is -1.18. The van der Waals surface area contributed by atoms with Crippen molar-refractivity contribution < 1.29 is 18.6 Å². The highest BCUT2D eigenvalue weighted by Gasteiger charge is 2.37. The van der Waals surface area contributed by atoms with Crippen molar-refractivity contribution in [1.29, 1.82) is 0 Å². The van der Waals surface area contributed by atoms with Crippen molar-refractivity contribution in [2.75, 3.05) is 13.2 Å². The smallest absolute Gasteiger partial charge is 0.199 e. The standard InChI is InChI=1S/C18H32N2O4/c1-6-15-10-11-16(23-15)9-8-12-22-17(13(3)4)18(19,20)24-14(5)21-7-2/h6,9-11,13-14,17H,7-8,12,19-20H2,1-5H3/b15-6+,16-9-. The summed E-state index contributed by atoms with van der Waals surface area (Å²) in [6.07, 6.45) is 3.63. The SMILES string of the molecule is C/C=c1\cc/c(=C/CCOC(C(C)C)C(N)(N)OC(C)OCC)o1. The highest BCUT2D eigenvalue weighted by atomic mass is 16.7. The molecule has 138 valence electrons. The maximum Gasteiger partial charge on any atom is 0.199 e. The second-order valence-electron chi connectivity index (χ2n) is 6.05. The van der Waals surface area contributed by atoms with E-state index in [-0.39, 0.29) is 5.92 Å².